The topological polar surface area (TPSA) is 81.4 Å². The average molecular weight is 372 g/mol. The van der Waals surface area contributed by atoms with Crippen LogP contribution in [-0.2, 0) is 17.6 Å². The lowest BCUT2D eigenvalue weighted by atomic mass is 9.88. The zero-order chi connectivity index (χ0) is 18.8. The first-order valence-corrected chi connectivity index (χ1v) is 9.61. The van der Waals surface area contributed by atoms with Crippen LogP contribution in [0.25, 0.3) is 0 Å². The number of ether oxygens (including phenoxy) is 1. The molecule has 0 radical (unpaired) electrons. The molecule has 1 aromatic heterocycles. The maximum absolute atomic E-state index is 12.4. The van der Waals surface area contributed by atoms with Gasteiger partial charge in [0.2, 0.25) is 0 Å². The molecule has 1 atom stereocenters. The molecular weight excluding hydrogens is 348 g/mol. The largest absolute Gasteiger partial charge is 0.483 e. The van der Waals surface area contributed by atoms with Crippen molar-refractivity contribution >= 4 is 28.2 Å². The van der Waals surface area contributed by atoms with E-state index in [9.17, 15) is 9.59 Å². The number of amides is 2. The smallest absolute Gasteiger partial charge is 0.262 e. The summed E-state index contributed by atoms with van der Waals surface area (Å²) in [5.74, 6) is 0.496. The van der Waals surface area contributed by atoms with E-state index < -0.39 is 5.91 Å². The van der Waals surface area contributed by atoms with E-state index in [0.717, 1.165) is 40.8 Å². The molecule has 3 rings (SSSR count). The lowest BCUT2D eigenvalue weighted by molar-refractivity contribution is -0.118. The summed E-state index contributed by atoms with van der Waals surface area (Å²) in [6, 6.07) is 5.86. The number of fused-ring (bicyclic) bond motifs is 1. The monoisotopic (exact) mass is 372 g/mol. The Bertz CT molecular complexity index is 857. The highest BCUT2D eigenvalue weighted by atomic mass is 32.1. The molecule has 0 bridgehead atoms. The lowest BCUT2D eigenvalue weighted by Gasteiger charge is -2.18. The highest BCUT2D eigenvalue weighted by Gasteiger charge is 2.27. The van der Waals surface area contributed by atoms with Crippen LogP contribution in [0.3, 0.4) is 0 Å². The molecule has 0 fully saturated rings. The van der Waals surface area contributed by atoms with Crippen LogP contribution in [0.2, 0.25) is 0 Å². The third-order valence-corrected chi connectivity index (χ3v) is 5.88. The Labute approximate surface area is 157 Å². The van der Waals surface area contributed by atoms with Gasteiger partial charge < -0.3 is 15.8 Å². The van der Waals surface area contributed by atoms with E-state index in [4.69, 9.17) is 10.5 Å². The SMILES string of the molecule is Cc1ccc(C)c(OCC(=O)Nc2sc3c(c2C(N)=O)CCC(C)C3)c1. The van der Waals surface area contributed by atoms with Crippen LogP contribution < -0.4 is 15.8 Å². The molecular formula is C20H24N2O3S. The number of nitrogens with two attached hydrogens (primary N) is 1. The van der Waals surface area contributed by atoms with Crippen LogP contribution in [0.15, 0.2) is 18.2 Å². The first-order valence-electron chi connectivity index (χ1n) is 8.79. The number of carbonyl (C=O) groups is 2. The number of hydrogen-bond donors (Lipinski definition) is 2. The van der Waals surface area contributed by atoms with Crippen molar-refractivity contribution in [2.24, 2.45) is 11.7 Å². The van der Waals surface area contributed by atoms with Gasteiger partial charge in [-0.05, 0) is 61.8 Å². The van der Waals surface area contributed by atoms with Crippen molar-refractivity contribution < 1.29 is 14.3 Å². The maximum Gasteiger partial charge on any atom is 0.262 e. The summed E-state index contributed by atoms with van der Waals surface area (Å²) >= 11 is 1.46. The molecule has 138 valence electrons. The van der Waals surface area contributed by atoms with Crippen LogP contribution in [0, 0.1) is 19.8 Å². The number of rotatable bonds is 5. The summed E-state index contributed by atoms with van der Waals surface area (Å²) in [7, 11) is 0. The van der Waals surface area contributed by atoms with Crippen molar-refractivity contribution in [2.45, 2.75) is 40.0 Å². The first kappa shape index (κ1) is 18.5. The molecule has 6 heteroatoms. The molecule has 5 nitrogen and oxygen atoms in total. The van der Waals surface area contributed by atoms with Gasteiger partial charge in [0.25, 0.3) is 11.8 Å². The molecule has 1 aromatic carbocycles. The van der Waals surface area contributed by atoms with Crippen molar-refractivity contribution in [1.82, 2.24) is 0 Å². The Morgan fingerprint density at radius 2 is 2.12 bits per heavy atom. The van der Waals surface area contributed by atoms with E-state index in [1.807, 2.05) is 32.0 Å². The maximum atomic E-state index is 12.4. The minimum atomic E-state index is -0.484. The molecule has 2 aromatic rings. The highest BCUT2D eigenvalue weighted by molar-refractivity contribution is 7.17. The van der Waals surface area contributed by atoms with Crippen LogP contribution in [0.1, 0.15) is 45.3 Å². The Morgan fingerprint density at radius 1 is 1.35 bits per heavy atom. The fraction of sp³-hybridized carbons (Fsp3) is 0.400. The van der Waals surface area contributed by atoms with Crippen molar-refractivity contribution in [1.29, 1.82) is 0 Å². The second kappa shape index (κ2) is 7.50. The molecule has 0 aliphatic heterocycles. The zero-order valence-corrected chi connectivity index (χ0v) is 16.2. The van der Waals surface area contributed by atoms with Gasteiger partial charge in [-0.2, -0.15) is 0 Å². The number of thiophene rings is 1. The molecule has 0 saturated carbocycles. The van der Waals surface area contributed by atoms with Gasteiger partial charge in [0.1, 0.15) is 10.8 Å². The van der Waals surface area contributed by atoms with E-state index in [1.165, 1.54) is 11.3 Å². The summed E-state index contributed by atoms with van der Waals surface area (Å²) in [5.41, 5.74) is 9.10. The van der Waals surface area contributed by atoms with Gasteiger partial charge in [-0.1, -0.05) is 19.1 Å². The Hall–Kier alpha value is -2.34. The Kier molecular flexibility index (Phi) is 5.32. The number of anilines is 1. The third kappa shape index (κ3) is 3.90. The molecule has 2 amide bonds. The molecule has 1 unspecified atom stereocenters. The minimum absolute atomic E-state index is 0.110. The quantitative estimate of drug-likeness (QED) is 0.841. The van der Waals surface area contributed by atoms with Gasteiger partial charge in [-0.3, -0.25) is 9.59 Å². The van der Waals surface area contributed by atoms with Crippen molar-refractivity contribution in [3.63, 3.8) is 0 Å². The third-order valence-electron chi connectivity index (χ3n) is 4.71. The van der Waals surface area contributed by atoms with Gasteiger partial charge in [0.15, 0.2) is 6.61 Å². The number of nitrogens with one attached hydrogen (secondary N) is 1. The van der Waals surface area contributed by atoms with Crippen LogP contribution in [-0.4, -0.2) is 18.4 Å². The van der Waals surface area contributed by atoms with Crippen LogP contribution in [0.4, 0.5) is 5.00 Å². The Morgan fingerprint density at radius 3 is 2.85 bits per heavy atom. The predicted molar refractivity (Wildman–Crippen MR) is 104 cm³/mol. The minimum Gasteiger partial charge on any atom is -0.483 e. The molecule has 1 aliphatic rings. The van der Waals surface area contributed by atoms with E-state index in [0.29, 0.717) is 22.2 Å². The molecule has 1 aliphatic carbocycles. The van der Waals surface area contributed by atoms with Gasteiger partial charge in [0.05, 0.1) is 5.56 Å². The van der Waals surface area contributed by atoms with Gasteiger partial charge in [-0.25, -0.2) is 0 Å². The lowest BCUT2D eigenvalue weighted by Crippen LogP contribution is -2.23. The second-order valence-corrected chi connectivity index (χ2v) is 8.13. The number of hydrogen-bond acceptors (Lipinski definition) is 4. The molecule has 26 heavy (non-hydrogen) atoms. The predicted octanol–water partition coefficient (Wildman–Crippen LogP) is 3.61. The van der Waals surface area contributed by atoms with Crippen LogP contribution in [0.5, 0.6) is 5.75 Å². The highest BCUT2D eigenvalue weighted by Crippen LogP contribution is 2.39. The molecule has 0 saturated heterocycles. The van der Waals surface area contributed by atoms with E-state index >= 15 is 0 Å². The van der Waals surface area contributed by atoms with Crippen molar-refractivity contribution in [2.75, 3.05) is 11.9 Å². The second-order valence-electron chi connectivity index (χ2n) is 7.03. The van der Waals surface area contributed by atoms with Gasteiger partial charge in [-0.15, -0.1) is 11.3 Å². The molecule has 1 heterocycles. The number of carbonyl (C=O) groups excluding carboxylic acids is 2. The summed E-state index contributed by atoms with van der Waals surface area (Å²) < 4.78 is 5.65. The standard InChI is InChI=1S/C20H24N2O3S/c1-11-4-6-13(3)15(8-11)25-10-17(23)22-20-18(19(21)24)14-7-5-12(2)9-16(14)26-20/h4,6,8,12H,5,7,9-10H2,1-3H3,(H2,21,24)(H,22,23). The van der Waals surface area contributed by atoms with E-state index in [1.54, 1.807) is 0 Å². The summed E-state index contributed by atoms with van der Waals surface area (Å²) in [6.07, 6.45) is 2.79. The molecule has 3 N–H and O–H groups in total. The Balaban J connectivity index is 1.73. The summed E-state index contributed by atoms with van der Waals surface area (Å²) in [4.78, 5) is 25.4. The van der Waals surface area contributed by atoms with Crippen molar-refractivity contribution in [3.05, 3.63) is 45.3 Å². The summed E-state index contributed by atoms with van der Waals surface area (Å²) in [6.45, 7) is 6.00. The normalized spacial score (nSPS) is 16.0. The zero-order valence-electron chi connectivity index (χ0n) is 15.3. The number of aryl methyl sites for hydroxylation is 2. The van der Waals surface area contributed by atoms with E-state index in [2.05, 4.69) is 12.2 Å². The van der Waals surface area contributed by atoms with E-state index in [-0.39, 0.29) is 12.5 Å². The average Bonchev–Trinajstić information content (AvgIpc) is 2.92. The first-order chi connectivity index (χ1) is 12.3. The number of benzene rings is 1. The molecule has 0 spiro atoms. The van der Waals surface area contributed by atoms with Crippen LogP contribution >= 0.6 is 11.3 Å². The summed E-state index contributed by atoms with van der Waals surface area (Å²) in [5, 5.41) is 3.37. The van der Waals surface area contributed by atoms with Gasteiger partial charge >= 0.3 is 0 Å². The van der Waals surface area contributed by atoms with Crippen molar-refractivity contribution in [3.8, 4) is 5.75 Å². The van der Waals surface area contributed by atoms with Gasteiger partial charge in [0, 0.05) is 4.88 Å². The fourth-order valence-corrected chi connectivity index (χ4v) is 4.70. The fourth-order valence-electron chi connectivity index (χ4n) is 3.27. The number of primary amides is 1.